The van der Waals surface area contributed by atoms with Crippen molar-refractivity contribution in [2.75, 3.05) is 33.3 Å². The summed E-state index contributed by atoms with van der Waals surface area (Å²) in [4.78, 5) is 17.3. The van der Waals surface area contributed by atoms with Gasteiger partial charge in [0.2, 0.25) is 5.91 Å². The number of carbonyl (C=O) groups excluding carboxylic acids is 1. The Balaban J connectivity index is 1.37. The molecule has 2 aliphatic heterocycles. The molecule has 0 bridgehead atoms. The summed E-state index contributed by atoms with van der Waals surface area (Å²) in [5.41, 5.74) is 0.999. The van der Waals surface area contributed by atoms with E-state index in [9.17, 15) is 9.90 Å². The molecule has 26 heavy (non-hydrogen) atoms. The van der Waals surface area contributed by atoms with Crippen molar-refractivity contribution in [3.05, 3.63) is 29.8 Å². The molecule has 4 rings (SSSR count). The van der Waals surface area contributed by atoms with Gasteiger partial charge >= 0.3 is 0 Å². The quantitative estimate of drug-likeness (QED) is 0.894. The van der Waals surface area contributed by atoms with E-state index in [0.717, 1.165) is 50.3 Å². The van der Waals surface area contributed by atoms with Crippen LogP contribution in [0.25, 0.3) is 0 Å². The fourth-order valence-electron chi connectivity index (χ4n) is 5.15. The van der Waals surface area contributed by atoms with Crippen LogP contribution >= 0.6 is 0 Å². The third-order valence-corrected chi connectivity index (χ3v) is 6.56. The minimum absolute atomic E-state index is 0.194. The summed E-state index contributed by atoms with van der Waals surface area (Å²) in [5.74, 6) is 1.98. The minimum Gasteiger partial charge on any atom is -0.497 e. The molecule has 0 spiro atoms. The number of carbonyl (C=O) groups is 1. The highest BCUT2D eigenvalue weighted by molar-refractivity contribution is 5.79. The Labute approximate surface area is 155 Å². The fourth-order valence-corrected chi connectivity index (χ4v) is 5.15. The van der Waals surface area contributed by atoms with Crippen molar-refractivity contribution < 1.29 is 14.6 Å². The largest absolute Gasteiger partial charge is 0.497 e. The lowest BCUT2D eigenvalue weighted by Crippen LogP contribution is -2.48. The molecule has 1 aromatic rings. The Hall–Kier alpha value is -1.59. The summed E-state index contributed by atoms with van der Waals surface area (Å²) in [5, 5.41) is 10.6. The molecule has 0 radical (unpaired) electrons. The maximum atomic E-state index is 12.8. The number of ether oxygens (including phenoxy) is 1. The molecule has 2 heterocycles. The zero-order chi connectivity index (χ0) is 18.1. The third kappa shape index (κ3) is 3.60. The molecule has 1 N–H and O–H groups in total. The van der Waals surface area contributed by atoms with Gasteiger partial charge in [-0.3, -0.25) is 9.69 Å². The number of amides is 1. The van der Waals surface area contributed by atoms with Crippen LogP contribution in [0.5, 0.6) is 5.75 Å². The second-order valence-corrected chi connectivity index (χ2v) is 8.20. The summed E-state index contributed by atoms with van der Waals surface area (Å²) in [6.45, 7) is 3.90. The normalized spacial score (nSPS) is 31.8. The smallest absolute Gasteiger partial charge is 0.227 e. The van der Waals surface area contributed by atoms with Crippen LogP contribution in [0.15, 0.2) is 24.3 Å². The molecule has 1 aliphatic carbocycles. The van der Waals surface area contributed by atoms with E-state index in [1.165, 1.54) is 12.8 Å². The van der Waals surface area contributed by atoms with Gasteiger partial charge in [-0.05, 0) is 68.3 Å². The second kappa shape index (κ2) is 7.57. The highest BCUT2D eigenvalue weighted by atomic mass is 16.5. The second-order valence-electron chi connectivity index (χ2n) is 8.20. The summed E-state index contributed by atoms with van der Waals surface area (Å²) in [7, 11) is 1.65. The number of methoxy groups -OCH3 is 1. The molecule has 1 aromatic carbocycles. The van der Waals surface area contributed by atoms with Crippen molar-refractivity contribution in [1.82, 2.24) is 9.80 Å². The van der Waals surface area contributed by atoms with Gasteiger partial charge in [-0.25, -0.2) is 0 Å². The maximum absolute atomic E-state index is 12.8. The molecule has 1 amide bonds. The van der Waals surface area contributed by atoms with Crippen LogP contribution in [0.1, 0.15) is 31.2 Å². The number of rotatable bonds is 4. The molecule has 4 atom stereocenters. The van der Waals surface area contributed by atoms with Gasteiger partial charge in [0.05, 0.1) is 19.6 Å². The van der Waals surface area contributed by atoms with Gasteiger partial charge in [0.15, 0.2) is 0 Å². The standard InChI is InChI=1S/C21H30N2O3/c1-26-18-6-4-5-15(9-18)10-21(25)23-13-16-11-19(22-7-2-3-8-22)20(24)12-17(16)14-23/h4-6,9,16-17,19-20,24H,2-3,7-8,10-14H2,1H3/t16-,17+,19-,20-/m1/s1. The van der Waals surface area contributed by atoms with Crippen LogP contribution in [0.3, 0.4) is 0 Å². The molecule has 0 aromatic heterocycles. The van der Waals surface area contributed by atoms with E-state index in [4.69, 9.17) is 4.74 Å². The molecule has 2 saturated heterocycles. The van der Waals surface area contributed by atoms with Gasteiger partial charge in [-0.2, -0.15) is 0 Å². The van der Waals surface area contributed by atoms with E-state index < -0.39 is 0 Å². The fraction of sp³-hybridized carbons (Fsp3) is 0.667. The molecule has 5 nitrogen and oxygen atoms in total. The predicted octanol–water partition coefficient (Wildman–Crippen LogP) is 1.93. The number of aliphatic hydroxyl groups excluding tert-OH is 1. The molecule has 0 unspecified atom stereocenters. The first-order chi connectivity index (χ1) is 12.6. The highest BCUT2D eigenvalue weighted by Crippen LogP contribution is 2.39. The molecule has 1 saturated carbocycles. The van der Waals surface area contributed by atoms with Crippen molar-refractivity contribution in [3.8, 4) is 5.75 Å². The first-order valence-corrected chi connectivity index (χ1v) is 9.97. The van der Waals surface area contributed by atoms with Crippen LogP contribution in [-0.4, -0.2) is 66.2 Å². The molecular formula is C21H30N2O3. The number of hydrogen-bond acceptors (Lipinski definition) is 4. The number of likely N-dealkylation sites (tertiary alicyclic amines) is 2. The van der Waals surface area contributed by atoms with Crippen LogP contribution in [0.2, 0.25) is 0 Å². The van der Waals surface area contributed by atoms with Crippen LogP contribution in [0.4, 0.5) is 0 Å². The van der Waals surface area contributed by atoms with Gasteiger partial charge < -0.3 is 14.7 Å². The third-order valence-electron chi connectivity index (χ3n) is 6.56. The van der Waals surface area contributed by atoms with Gasteiger partial charge in [-0.15, -0.1) is 0 Å². The number of nitrogens with zero attached hydrogens (tertiary/aromatic N) is 2. The number of benzene rings is 1. The van der Waals surface area contributed by atoms with Crippen LogP contribution in [-0.2, 0) is 11.2 Å². The Morgan fingerprint density at radius 1 is 1.19 bits per heavy atom. The van der Waals surface area contributed by atoms with E-state index in [0.29, 0.717) is 24.3 Å². The summed E-state index contributed by atoms with van der Waals surface area (Å²) in [6, 6.07) is 8.05. The molecule has 3 aliphatic rings. The van der Waals surface area contributed by atoms with E-state index in [2.05, 4.69) is 4.90 Å². The summed E-state index contributed by atoms with van der Waals surface area (Å²) < 4.78 is 5.25. The van der Waals surface area contributed by atoms with E-state index >= 15 is 0 Å². The van der Waals surface area contributed by atoms with Crippen molar-refractivity contribution >= 4 is 5.91 Å². The number of aliphatic hydroxyl groups is 1. The summed E-state index contributed by atoms with van der Waals surface area (Å²) >= 11 is 0. The lowest BCUT2D eigenvalue weighted by molar-refractivity contribution is -0.129. The summed E-state index contributed by atoms with van der Waals surface area (Å²) in [6.07, 6.45) is 4.58. The van der Waals surface area contributed by atoms with Crippen molar-refractivity contribution in [2.45, 2.75) is 44.2 Å². The Morgan fingerprint density at radius 2 is 1.92 bits per heavy atom. The van der Waals surface area contributed by atoms with Crippen LogP contribution < -0.4 is 4.74 Å². The molecular weight excluding hydrogens is 328 g/mol. The Bertz CT molecular complexity index is 644. The predicted molar refractivity (Wildman–Crippen MR) is 100 cm³/mol. The number of fused-ring (bicyclic) bond motifs is 1. The highest BCUT2D eigenvalue weighted by Gasteiger charge is 2.44. The maximum Gasteiger partial charge on any atom is 0.227 e. The van der Waals surface area contributed by atoms with E-state index in [1.807, 2.05) is 29.2 Å². The number of hydrogen-bond donors (Lipinski definition) is 1. The monoisotopic (exact) mass is 358 g/mol. The van der Waals surface area contributed by atoms with Gasteiger partial charge in [-0.1, -0.05) is 12.1 Å². The zero-order valence-electron chi connectivity index (χ0n) is 15.6. The van der Waals surface area contributed by atoms with Gasteiger partial charge in [0, 0.05) is 19.1 Å². The lowest BCUT2D eigenvalue weighted by atomic mass is 9.77. The minimum atomic E-state index is -0.234. The van der Waals surface area contributed by atoms with Crippen LogP contribution in [0, 0.1) is 11.8 Å². The topological polar surface area (TPSA) is 53.0 Å². The molecule has 142 valence electrons. The van der Waals surface area contributed by atoms with Crippen molar-refractivity contribution in [3.63, 3.8) is 0 Å². The first-order valence-electron chi connectivity index (χ1n) is 9.97. The lowest BCUT2D eigenvalue weighted by Gasteiger charge is -2.40. The van der Waals surface area contributed by atoms with E-state index in [-0.39, 0.29) is 12.0 Å². The zero-order valence-corrected chi connectivity index (χ0v) is 15.6. The first kappa shape index (κ1) is 17.8. The van der Waals surface area contributed by atoms with Gasteiger partial charge in [0.25, 0.3) is 0 Å². The van der Waals surface area contributed by atoms with Crippen molar-refractivity contribution in [1.29, 1.82) is 0 Å². The van der Waals surface area contributed by atoms with Crippen molar-refractivity contribution in [2.24, 2.45) is 11.8 Å². The Kier molecular flexibility index (Phi) is 5.18. The molecule has 5 heteroatoms. The molecule has 3 fully saturated rings. The SMILES string of the molecule is COc1cccc(CC(=O)N2C[C@H]3C[C@@H](N4CCCC4)[C@H](O)C[C@H]3C2)c1. The Morgan fingerprint density at radius 3 is 2.65 bits per heavy atom. The van der Waals surface area contributed by atoms with Gasteiger partial charge in [0.1, 0.15) is 5.75 Å². The van der Waals surface area contributed by atoms with E-state index in [1.54, 1.807) is 7.11 Å². The average molecular weight is 358 g/mol. The average Bonchev–Trinajstić information content (AvgIpc) is 3.30.